The first-order valence-electron chi connectivity index (χ1n) is 8.72. The van der Waals surface area contributed by atoms with Crippen molar-refractivity contribution in [2.75, 3.05) is 25.0 Å². The van der Waals surface area contributed by atoms with Gasteiger partial charge in [-0.3, -0.25) is 9.52 Å². The van der Waals surface area contributed by atoms with Crippen molar-refractivity contribution in [1.82, 2.24) is 5.32 Å². The molecular formula is C20H26N2O4S. The molecule has 0 atom stereocenters. The molecule has 2 aromatic rings. The van der Waals surface area contributed by atoms with E-state index in [2.05, 4.69) is 10.0 Å². The van der Waals surface area contributed by atoms with Crippen LogP contribution in [0.4, 0.5) is 5.69 Å². The Bertz CT molecular complexity index is 924. The molecule has 2 aromatic carbocycles. The van der Waals surface area contributed by atoms with Crippen LogP contribution in [-0.4, -0.2) is 34.6 Å². The zero-order valence-electron chi connectivity index (χ0n) is 16.1. The van der Waals surface area contributed by atoms with Crippen LogP contribution in [0.1, 0.15) is 33.5 Å². The van der Waals surface area contributed by atoms with Crippen LogP contribution in [0.25, 0.3) is 0 Å². The average molecular weight is 391 g/mol. The molecule has 0 aliphatic heterocycles. The van der Waals surface area contributed by atoms with E-state index in [9.17, 15) is 13.2 Å². The lowest BCUT2D eigenvalue weighted by Gasteiger charge is -2.14. The van der Waals surface area contributed by atoms with E-state index < -0.39 is 10.0 Å². The van der Waals surface area contributed by atoms with Gasteiger partial charge in [-0.1, -0.05) is 18.2 Å². The van der Waals surface area contributed by atoms with E-state index in [1.54, 1.807) is 32.2 Å². The third kappa shape index (κ3) is 5.55. The molecule has 0 saturated heterocycles. The third-order valence-corrected chi connectivity index (χ3v) is 5.70. The first-order valence-corrected chi connectivity index (χ1v) is 10.2. The maximum atomic E-state index is 12.9. The van der Waals surface area contributed by atoms with Crippen molar-refractivity contribution in [1.29, 1.82) is 0 Å². The van der Waals surface area contributed by atoms with Gasteiger partial charge < -0.3 is 10.1 Å². The molecule has 6 nitrogen and oxygen atoms in total. The van der Waals surface area contributed by atoms with Crippen LogP contribution < -0.4 is 10.0 Å². The minimum absolute atomic E-state index is 0.0907. The van der Waals surface area contributed by atoms with Crippen LogP contribution in [0.15, 0.2) is 41.3 Å². The zero-order chi connectivity index (χ0) is 20.0. The molecular weight excluding hydrogens is 364 g/mol. The van der Waals surface area contributed by atoms with Crippen LogP contribution in [0.3, 0.4) is 0 Å². The quantitative estimate of drug-likeness (QED) is 0.678. The summed E-state index contributed by atoms with van der Waals surface area (Å²) in [5.41, 5.74) is 3.19. The summed E-state index contributed by atoms with van der Waals surface area (Å²) in [6.07, 6.45) is 0.688. The van der Waals surface area contributed by atoms with Gasteiger partial charge in [-0.15, -0.1) is 0 Å². The summed E-state index contributed by atoms with van der Waals surface area (Å²) < 4.78 is 33.4. The Morgan fingerprint density at radius 1 is 1.04 bits per heavy atom. The molecule has 0 radical (unpaired) electrons. The number of amides is 1. The molecule has 7 heteroatoms. The van der Waals surface area contributed by atoms with Gasteiger partial charge in [0.25, 0.3) is 15.9 Å². The Balaban J connectivity index is 2.26. The predicted molar refractivity (Wildman–Crippen MR) is 107 cm³/mol. The maximum Gasteiger partial charge on any atom is 0.262 e. The summed E-state index contributed by atoms with van der Waals surface area (Å²) >= 11 is 0. The second kappa shape index (κ2) is 9.01. The standard InChI is InChI=1S/C20H26N2O4S/c1-14-6-7-15(2)18(12-14)22-27(24,25)19-13-17(9-8-16(19)3)20(23)21-10-5-11-26-4/h6-9,12-13,22H,5,10-11H2,1-4H3,(H,21,23). The van der Waals surface area contributed by atoms with Crippen molar-refractivity contribution in [3.63, 3.8) is 0 Å². The number of ether oxygens (including phenoxy) is 1. The van der Waals surface area contributed by atoms with E-state index in [1.807, 2.05) is 26.0 Å². The number of sulfonamides is 1. The molecule has 0 aromatic heterocycles. The van der Waals surface area contributed by atoms with E-state index in [-0.39, 0.29) is 10.8 Å². The number of nitrogens with one attached hydrogen (secondary N) is 2. The Morgan fingerprint density at radius 2 is 1.74 bits per heavy atom. The van der Waals surface area contributed by atoms with E-state index in [0.717, 1.165) is 11.1 Å². The van der Waals surface area contributed by atoms with Gasteiger partial charge in [0, 0.05) is 25.8 Å². The molecule has 0 fully saturated rings. The number of carbonyl (C=O) groups is 1. The van der Waals surface area contributed by atoms with Crippen molar-refractivity contribution < 1.29 is 17.9 Å². The van der Waals surface area contributed by atoms with E-state index >= 15 is 0 Å². The van der Waals surface area contributed by atoms with Gasteiger partial charge in [-0.2, -0.15) is 0 Å². The first kappa shape index (κ1) is 20.9. The van der Waals surface area contributed by atoms with Gasteiger partial charge in [0.05, 0.1) is 10.6 Å². The number of hydrogen-bond donors (Lipinski definition) is 2. The highest BCUT2D eigenvalue weighted by atomic mass is 32.2. The number of carbonyl (C=O) groups excluding carboxylic acids is 1. The minimum atomic E-state index is -3.82. The zero-order valence-corrected chi connectivity index (χ0v) is 16.9. The fourth-order valence-electron chi connectivity index (χ4n) is 2.60. The number of methoxy groups -OCH3 is 1. The highest BCUT2D eigenvalue weighted by Crippen LogP contribution is 2.23. The van der Waals surface area contributed by atoms with Crippen LogP contribution >= 0.6 is 0 Å². The lowest BCUT2D eigenvalue weighted by molar-refractivity contribution is 0.0948. The Morgan fingerprint density at radius 3 is 2.44 bits per heavy atom. The molecule has 0 bridgehead atoms. The normalized spacial score (nSPS) is 11.3. The number of rotatable bonds is 8. The van der Waals surface area contributed by atoms with E-state index in [1.165, 1.54) is 6.07 Å². The number of aryl methyl sites for hydroxylation is 3. The van der Waals surface area contributed by atoms with E-state index in [4.69, 9.17) is 4.74 Å². The summed E-state index contributed by atoms with van der Waals surface area (Å²) in [7, 11) is -2.22. The van der Waals surface area contributed by atoms with Crippen molar-refractivity contribution >= 4 is 21.6 Å². The van der Waals surface area contributed by atoms with Gasteiger partial charge in [0.2, 0.25) is 0 Å². The molecule has 0 aliphatic rings. The van der Waals surface area contributed by atoms with Crippen molar-refractivity contribution in [2.24, 2.45) is 0 Å². The van der Waals surface area contributed by atoms with Gasteiger partial charge in [0.1, 0.15) is 0 Å². The summed E-state index contributed by atoms with van der Waals surface area (Å²) in [4.78, 5) is 12.4. The lowest BCUT2D eigenvalue weighted by Crippen LogP contribution is -2.25. The Hall–Kier alpha value is -2.38. The predicted octanol–water partition coefficient (Wildman–Crippen LogP) is 3.18. The number of hydrogen-bond acceptors (Lipinski definition) is 4. The van der Waals surface area contributed by atoms with Crippen LogP contribution in [-0.2, 0) is 14.8 Å². The van der Waals surface area contributed by atoms with Crippen molar-refractivity contribution in [3.8, 4) is 0 Å². The topological polar surface area (TPSA) is 84.5 Å². The second-order valence-electron chi connectivity index (χ2n) is 6.51. The molecule has 0 unspecified atom stereocenters. The molecule has 0 aliphatic carbocycles. The highest BCUT2D eigenvalue weighted by molar-refractivity contribution is 7.92. The van der Waals surface area contributed by atoms with Crippen LogP contribution in [0.5, 0.6) is 0 Å². The molecule has 0 spiro atoms. The van der Waals surface area contributed by atoms with Gasteiger partial charge in [0.15, 0.2) is 0 Å². The molecule has 0 heterocycles. The monoisotopic (exact) mass is 390 g/mol. The molecule has 1 amide bonds. The van der Waals surface area contributed by atoms with Crippen molar-refractivity contribution in [2.45, 2.75) is 32.1 Å². The summed E-state index contributed by atoms with van der Waals surface area (Å²) in [6.45, 7) is 6.46. The fraction of sp³-hybridized carbons (Fsp3) is 0.350. The molecule has 146 valence electrons. The van der Waals surface area contributed by atoms with Gasteiger partial charge in [-0.25, -0.2) is 8.42 Å². The van der Waals surface area contributed by atoms with Gasteiger partial charge >= 0.3 is 0 Å². The fourth-order valence-corrected chi connectivity index (χ4v) is 3.99. The van der Waals surface area contributed by atoms with Crippen LogP contribution in [0.2, 0.25) is 0 Å². The second-order valence-corrected chi connectivity index (χ2v) is 8.16. The average Bonchev–Trinajstić information content (AvgIpc) is 2.61. The van der Waals surface area contributed by atoms with Gasteiger partial charge in [-0.05, 0) is 62.1 Å². The molecule has 0 saturated carbocycles. The van der Waals surface area contributed by atoms with Crippen molar-refractivity contribution in [3.05, 3.63) is 58.7 Å². The molecule has 27 heavy (non-hydrogen) atoms. The SMILES string of the molecule is COCCCNC(=O)c1ccc(C)c(S(=O)(=O)Nc2cc(C)ccc2C)c1. The molecule has 2 rings (SSSR count). The highest BCUT2D eigenvalue weighted by Gasteiger charge is 2.20. The number of benzene rings is 2. The lowest BCUT2D eigenvalue weighted by atomic mass is 10.1. The molecule has 2 N–H and O–H groups in total. The first-order chi connectivity index (χ1) is 12.7. The maximum absolute atomic E-state index is 12.9. The summed E-state index contributed by atoms with van der Waals surface area (Å²) in [6, 6.07) is 10.2. The van der Waals surface area contributed by atoms with Crippen LogP contribution in [0, 0.1) is 20.8 Å². The minimum Gasteiger partial charge on any atom is -0.385 e. The third-order valence-electron chi connectivity index (χ3n) is 4.19. The summed E-state index contributed by atoms with van der Waals surface area (Å²) in [5, 5.41) is 2.76. The van der Waals surface area contributed by atoms with E-state index in [0.29, 0.717) is 36.4 Å². The Kier molecular flexibility index (Phi) is 6.98. The smallest absolute Gasteiger partial charge is 0.262 e. The summed E-state index contributed by atoms with van der Waals surface area (Å²) in [5.74, 6) is -0.311. The Labute approximate surface area is 161 Å². The number of anilines is 1. The largest absolute Gasteiger partial charge is 0.385 e.